The van der Waals surface area contributed by atoms with Gasteiger partial charge in [-0.05, 0) is 42.8 Å². The largest absolute Gasteiger partial charge is 0.379 e. The van der Waals surface area contributed by atoms with E-state index in [0.717, 1.165) is 23.2 Å². The monoisotopic (exact) mass is 291 g/mol. The fraction of sp³-hybridized carbons (Fsp3) is 0.214. The van der Waals surface area contributed by atoms with E-state index in [4.69, 9.17) is 0 Å². The molecule has 0 aliphatic rings. The zero-order valence-corrected chi connectivity index (χ0v) is 12.2. The molecule has 0 radical (unpaired) electrons. The van der Waals surface area contributed by atoms with Gasteiger partial charge in [-0.25, -0.2) is 8.42 Å². The molecule has 6 heteroatoms. The Labute approximate surface area is 119 Å². The normalized spacial score (nSPS) is 11.1. The van der Waals surface area contributed by atoms with Gasteiger partial charge in [-0.2, -0.15) is 0 Å². The second-order valence-corrected chi connectivity index (χ2v) is 6.33. The van der Waals surface area contributed by atoms with E-state index in [1.807, 2.05) is 37.3 Å². The Morgan fingerprint density at radius 2 is 2.00 bits per heavy atom. The molecule has 0 bridgehead atoms. The average Bonchev–Trinajstić information content (AvgIpc) is 2.39. The fourth-order valence-electron chi connectivity index (χ4n) is 1.78. The van der Waals surface area contributed by atoms with Gasteiger partial charge in [-0.1, -0.05) is 6.07 Å². The molecule has 1 heterocycles. The second-order valence-electron chi connectivity index (χ2n) is 4.58. The number of nitrogens with zero attached hydrogens (tertiary/aromatic N) is 1. The highest BCUT2D eigenvalue weighted by Crippen LogP contribution is 2.20. The number of hydrogen-bond acceptors (Lipinski definition) is 4. The molecule has 0 amide bonds. The van der Waals surface area contributed by atoms with Crippen molar-refractivity contribution in [3.63, 3.8) is 0 Å². The van der Waals surface area contributed by atoms with Crippen molar-refractivity contribution in [1.82, 2.24) is 4.98 Å². The number of aryl methyl sites for hydroxylation is 1. The predicted molar refractivity (Wildman–Crippen MR) is 81.2 cm³/mol. The summed E-state index contributed by atoms with van der Waals surface area (Å²) in [5.74, 6) is 0. The molecule has 2 rings (SSSR count). The average molecular weight is 291 g/mol. The summed E-state index contributed by atoms with van der Waals surface area (Å²) in [5, 5.41) is 3.25. The maximum absolute atomic E-state index is 11.2. The summed E-state index contributed by atoms with van der Waals surface area (Å²) in [6.45, 7) is 2.48. The number of aromatic nitrogens is 1. The van der Waals surface area contributed by atoms with Gasteiger partial charge in [0, 0.05) is 11.9 Å². The van der Waals surface area contributed by atoms with Crippen molar-refractivity contribution in [2.75, 3.05) is 16.3 Å². The van der Waals surface area contributed by atoms with Crippen LogP contribution in [0.1, 0.15) is 11.3 Å². The fourth-order valence-corrected chi connectivity index (χ4v) is 2.41. The smallest absolute Gasteiger partial charge is 0.229 e. The number of rotatable bonds is 5. The number of sulfonamides is 1. The van der Waals surface area contributed by atoms with Crippen LogP contribution in [0.2, 0.25) is 0 Å². The SMILES string of the molecule is Cc1cc(NCc2ccccn2)ccc1NS(C)(=O)=O. The Balaban J connectivity index is 2.06. The number of anilines is 2. The minimum absolute atomic E-state index is 0.593. The highest BCUT2D eigenvalue weighted by atomic mass is 32.2. The summed E-state index contributed by atoms with van der Waals surface area (Å²) >= 11 is 0. The highest BCUT2D eigenvalue weighted by molar-refractivity contribution is 7.92. The second kappa shape index (κ2) is 5.92. The van der Waals surface area contributed by atoms with Gasteiger partial charge >= 0.3 is 0 Å². The highest BCUT2D eigenvalue weighted by Gasteiger charge is 2.05. The lowest BCUT2D eigenvalue weighted by Gasteiger charge is -2.11. The first-order valence-electron chi connectivity index (χ1n) is 6.16. The summed E-state index contributed by atoms with van der Waals surface area (Å²) in [6, 6.07) is 11.2. The van der Waals surface area contributed by atoms with Crippen LogP contribution in [0, 0.1) is 6.92 Å². The summed E-state index contributed by atoms with van der Waals surface area (Å²) in [6.07, 6.45) is 2.89. The third-order valence-electron chi connectivity index (χ3n) is 2.72. The molecule has 0 aliphatic heterocycles. The lowest BCUT2D eigenvalue weighted by Crippen LogP contribution is -2.10. The molecule has 5 nitrogen and oxygen atoms in total. The van der Waals surface area contributed by atoms with Crippen molar-refractivity contribution in [3.8, 4) is 0 Å². The third-order valence-corrected chi connectivity index (χ3v) is 3.31. The molecule has 1 aromatic carbocycles. The van der Waals surface area contributed by atoms with Crippen LogP contribution in [0.25, 0.3) is 0 Å². The molecular weight excluding hydrogens is 274 g/mol. The van der Waals surface area contributed by atoms with Crippen LogP contribution in [0.4, 0.5) is 11.4 Å². The van der Waals surface area contributed by atoms with Crippen molar-refractivity contribution in [2.24, 2.45) is 0 Å². The molecular formula is C14H17N3O2S. The van der Waals surface area contributed by atoms with Crippen molar-refractivity contribution in [1.29, 1.82) is 0 Å². The van der Waals surface area contributed by atoms with Crippen LogP contribution in [0.5, 0.6) is 0 Å². The van der Waals surface area contributed by atoms with Crippen LogP contribution in [-0.4, -0.2) is 19.7 Å². The first-order chi connectivity index (χ1) is 9.44. The Bertz CT molecular complexity index is 685. The van der Waals surface area contributed by atoms with E-state index < -0.39 is 10.0 Å². The minimum atomic E-state index is -3.25. The van der Waals surface area contributed by atoms with Crippen molar-refractivity contribution in [2.45, 2.75) is 13.5 Å². The van der Waals surface area contributed by atoms with Gasteiger partial charge in [-0.3, -0.25) is 9.71 Å². The van der Waals surface area contributed by atoms with Gasteiger partial charge in [0.2, 0.25) is 10.0 Å². The Morgan fingerprint density at radius 1 is 1.20 bits per heavy atom. The number of nitrogens with one attached hydrogen (secondary N) is 2. The Hall–Kier alpha value is -2.08. The first kappa shape index (κ1) is 14.3. The molecule has 0 spiro atoms. The lowest BCUT2D eigenvalue weighted by molar-refractivity contribution is 0.607. The van der Waals surface area contributed by atoms with Gasteiger partial charge in [-0.15, -0.1) is 0 Å². The molecule has 2 aromatic rings. The molecule has 106 valence electrons. The van der Waals surface area contributed by atoms with Crippen molar-refractivity contribution in [3.05, 3.63) is 53.9 Å². The summed E-state index contributed by atoms with van der Waals surface area (Å²) in [5.41, 5.74) is 3.33. The van der Waals surface area contributed by atoms with E-state index in [1.165, 1.54) is 0 Å². The van der Waals surface area contributed by atoms with E-state index in [-0.39, 0.29) is 0 Å². The quantitative estimate of drug-likeness (QED) is 0.887. The van der Waals surface area contributed by atoms with Gasteiger partial charge in [0.05, 0.1) is 24.2 Å². The number of pyridine rings is 1. The lowest BCUT2D eigenvalue weighted by atomic mass is 10.2. The Morgan fingerprint density at radius 3 is 2.60 bits per heavy atom. The standard InChI is InChI=1S/C14H17N3O2S/c1-11-9-12(6-7-14(11)17-20(2,18)19)16-10-13-5-3-4-8-15-13/h3-9,16-17H,10H2,1-2H3. The molecule has 0 fully saturated rings. The molecule has 0 saturated heterocycles. The van der Waals surface area contributed by atoms with Crippen LogP contribution < -0.4 is 10.0 Å². The van der Waals surface area contributed by atoms with Gasteiger partial charge in [0.1, 0.15) is 0 Å². The first-order valence-corrected chi connectivity index (χ1v) is 8.05. The van der Waals surface area contributed by atoms with Crippen LogP contribution in [0.15, 0.2) is 42.6 Å². The molecule has 20 heavy (non-hydrogen) atoms. The van der Waals surface area contributed by atoms with E-state index in [0.29, 0.717) is 12.2 Å². The van der Waals surface area contributed by atoms with E-state index in [9.17, 15) is 8.42 Å². The van der Waals surface area contributed by atoms with Crippen LogP contribution >= 0.6 is 0 Å². The zero-order chi connectivity index (χ0) is 14.6. The maximum atomic E-state index is 11.2. The van der Waals surface area contributed by atoms with E-state index >= 15 is 0 Å². The predicted octanol–water partition coefficient (Wildman–Crippen LogP) is 2.37. The zero-order valence-electron chi connectivity index (χ0n) is 11.4. The number of benzene rings is 1. The maximum Gasteiger partial charge on any atom is 0.229 e. The summed E-state index contributed by atoms with van der Waals surface area (Å²) < 4.78 is 24.9. The summed E-state index contributed by atoms with van der Waals surface area (Å²) in [4.78, 5) is 4.23. The molecule has 0 atom stereocenters. The van der Waals surface area contributed by atoms with Crippen molar-refractivity contribution >= 4 is 21.4 Å². The Kier molecular flexibility index (Phi) is 4.24. The topological polar surface area (TPSA) is 71.1 Å². The van der Waals surface area contributed by atoms with Gasteiger partial charge < -0.3 is 5.32 Å². The molecule has 0 saturated carbocycles. The van der Waals surface area contributed by atoms with Gasteiger partial charge in [0.25, 0.3) is 0 Å². The van der Waals surface area contributed by atoms with E-state index in [1.54, 1.807) is 12.3 Å². The van der Waals surface area contributed by atoms with Crippen LogP contribution in [-0.2, 0) is 16.6 Å². The molecule has 1 aromatic heterocycles. The summed E-state index contributed by atoms with van der Waals surface area (Å²) in [7, 11) is -3.25. The van der Waals surface area contributed by atoms with Crippen LogP contribution in [0.3, 0.4) is 0 Å². The van der Waals surface area contributed by atoms with Gasteiger partial charge in [0.15, 0.2) is 0 Å². The third kappa shape index (κ3) is 4.24. The van der Waals surface area contributed by atoms with Crippen molar-refractivity contribution < 1.29 is 8.42 Å². The molecule has 2 N–H and O–H groups in total. The van der Waals surface area contributed by atoms with E-state index in [2.05, 4.69) is 15.0 Å². The molecule has 0 aliphatic carbocycles. The minimum Gasteiger partial charge on any atom is -0.379 e. The molecule has 0 unspecified atom stereocenters. The number of hydrogen-bond donors (Lipinski definition) is 2.